The fourth-order valence-corrected chi connectivity index (χ4v) is 4.02. The van der Waals surface area contributed by atoms with Crippen LogP contribution in [0.3, 0.4) is 0 Å². The van der Waals surface area contributed by atoms with Crippen LogP contribution in [-0.4, -0.2) is 33.2 Å². The summed E-state index contributed by atoms with van der Waals surface area (Å²) in [5, 5.41) is 3.07. The molecule has 0 bridgehead atoms. The van der Waals surface area contributed by atoms with Crippen LogP contribution in [0.25, 0.3) is 0 Å². The van der Waals surface area contributed by atoms with Crippen LogP contribution in [0.15, 0.2) is 0 Å². The second-order valence-electron chi connectivity index (χ2n) is 8.44. The number of nitrogens with one attached hydrogen (secondary N) is 2. The number of benzene rings is 1. The van der Waals surface area contributed by atoms with Gasteiger partial charge in [0.25, 0.3) is 0 Å². The molecule has 0 aliphatic carbocycles. The number of anilines is 3. The van der Waals surface area contributed by atoms with Crippen molar-refractivity contribution in [2.45, 2.75) is 60.9 Å². The summed E-state index contributed by atoms with van der Waals surface area (Å²) < 4.78 is 26.4. The van der Waals surface area contributed by atoms with Gasteiger partial charge in [-0.3, -0.25) is 9.52 Å². The number of carbonyl (C=O) groups is 1. The summed E-state index contributed by atoms with van der Waals surface area (Å²) in [4.78, 5) is 15.0. The van der Waals surface area contributed by atoms with E-state index in [0.29, 0.717) is 11.4 Å². The fraction of sp³-hybridized carbons (Fsp3) is 0.632. The van der Waals surface area contributed by atoms with Crippen LogP contribution in [-0.2, 0) is 21.2 Å². The van der Waals surface area contributed by atoms with E-state index in [-0.39, 0.29) is 11.9 Å². The molecule has 0 fully saturated rings. The predicted molar refractivity (Wildman–Crippen MR) is 109 cm³/mol. The van der Waals surface area contributed by atoms with Gasteiger partial charge < -0.3 is 10.2 Å². The minimum absolute atomic E-state index is 0.0902. The van der Waals surface area contributed by atoms with E-state index in [2.05, 4.69) is 28.8 Å². The average molecular weight is 382 g/mol. The van der Waals surface area contributed by atoms with Crippen molar-refractivity contribution in [2.75, 3.05) is 27.7 Å². The Balaban J connectivity index is 2.72. The molecule has 1 aliphatic rings. The van der Waals surface area contributed by atoms with Gasteiger partial charge in [0.1, 0.15) is 0 Å². The maximum Gasteiger partial charge on any atom is 0.229 e. The molecule has 0 saturated heterocycles. The van der Waals surface area contributed by atoms with Crippen LogP contribution in [0.5, 0.6) is 0 Å². The van der Waals surface area contributed by atoms with Crippen LogP contribution >= 0.6 is 0 Å². The Bertz CT molecular complexity index is 837. The van der Waals surface area contributed by atoms with Gasteiger partial charge >= 0.3 is 0 Å². The van der Waals surface area contributed by atoms with Crippen molar-refractivity contribution < 1.29 is 13.2 Å². The summed E-state index contributed by atoms with van der Waals surface area (Å²) >= 11 is 0. The lowest BCUT2D eigenvalue weighted by molar-refractivity contribution is -0.123. The van der Waals surface area contributed by atoms with E-state index < -0.39 is 15.4 Å². The topological polar surface area (TPSA) is 78.5 Å². The molecule has 1 amide bonds. The van der Waals surface area contributed by atoms with Gasteiger partial charge in [0.15, 0.2) is 0 Å². The van der Waals surface area contributed by atoms with Gasteiger partial charge in [0, 0.05) is 18.0 Å². The van der Waals surface area contributed by atoms with Crippen molar-refractivity contribution in [3.63, 3.8) is 0 Å². The van der Waals surface area contributed by atoms with Crippen LogP contribution in [0.1, 0.15) is 51.3 Å². The molecule has 0 aromatic heterocycles. The molecule has 1 aromatic carbocycles. The van der Waals surface area contributed by atoms with Crippen LogP contribution < -0.4 is 14.9 Å². The zero-order valence-corrected chi connectivity index (χ0v) is 17.9. The Labute approximate surface area is 157 Å². The summed E-state index contributed by atoms with van der Waals surface area (Å²) in [6.07, 6.45) is 1.98. The van der Waals surface area contributed by atoms with E-state index in [1.807, 2.05) is 34.6 Å². The smallest absolute Gasteiger partial charge is 0.229 e. The molecule has 2 rings (SSSR count). The zero-order valence-electron chi connectivity index (χ0n) is 17.1. The number of rotatable bonds is 4. The number of hydrogen-bond donors (Lipinski definition) is 2. The van der Waals surface area contributed by atoms with Crippen molar-refractivity contribution in [3.05, 3.63) is 16.7 Å². The summed E-state index contributed by atoms with van der Waals surface area (Å²) in [6, 6.07) is 0.286. The van der Waals surface area contributed by atoms with E-state index in [0.717, 1.165) is 41.6 Å². The van der Waals surface area contributed by atoms with Crippen LogP contribution in [0.4, 0.5) is 17.1 Å². The molecule has 0 unspecified atom stereocenters. The number of fused-ring (bicyclic) bond motifs is 1. The van der Waals surface area contributed by atoms with E-state index >= 15 is 0 Å². The number of nitrogens with zero attached hydrogens (tertiary/aromatic N) is 1. The van der Waals surface area contributed by atoms with Gasteiger partial charge in [-0.2, -0.15) is 0 Å². The number of hydrogen-bond acceptors (Lipinski definition) is 4. The summed E-state index contributed by atoms with van der Waals surface area (Å²) in [5.41, 5.74) is 4.53. The Morgan fingerprint density at radius 3 is 2.15 bits per heavy atom. The fourth-order valence-electron chi connectivity index (χ4n) is 3.34. The molecule has 26 heavy (non-hydrogen) atoms. The van der Waals surface area contributed by atoms with Gasteiger partial charge in [-0.1, -0.05) is 20.8 Å². The third-order valence-corrected chi connectivity index (χ3v) is 5.40. The Morgan fingerprint density at radius 2 is 1.69 bits per heavy atom. The summed E-state index contributed by atoms with van der Waals surface area (Å²) in [5.74, 6) is -0.0902. The normalized spacial score (nSPS) is 14.6. The van der Waals surface area contributed by atoms with Gasteiger partial charge in [-0.25, -0.2) is 8.42 Å². The van der Waals surface area contributed by atoms with Crippen molar-refractivity contribution in [2.24, 2.45) is 5.41 Å². The first-order chi connectivity index (χ1) is 11.7. The lowest BCUT2D eigenvalue weighted by atomic mass is 9.93. The van der Waals surface area contributed by atoms with Crippen molar-refractivity contribution in [1.82, 2.24) is 0 Å². The first kappa shape index (κ1) is 20.6. The van der Waals surface area contributed by atoms with Crippen molar-refractivity contribution >= 4 is 33.0 Å². The SMILES string of the molecule is Cc1c2c(c(NC(=O)C(C)(C)C)c(C)c1NS(C)(=O)=O)N(C(C)C)CC2. The second kappa shape index (κ2) is 6.76. The van der Waals surface area contributed by atoms with Gasteiger partial charge in [-0.05, 0) is 50.8 Å². The maximum absolute atomic E-state index is 12.7. The highest BCUT2D eigenvalue weighted by atomic mass is 32.2. The molecule has 0 saturated carbocycles. The van der Waals surface area contributed by atoms with Crippen molar-refractivity contribution in [1.29, 1.82) is 0 Å². The van der Waals surface area contributed by atoms with E-state index in [1.54, 1.807) is 0 Å². The molecule has 1 heterocycles. The standard InChI is InChI=1S/C19H31N3O3S/c1-11(2)22-10-9-14-12(3)15(21-26(8,24)25)13(4)16(17(14)22)20-18(23)19(5,6)7/h11,21H,9-10H2,1-8H3,(H,20,23). The predicted octanol–water partition coefficient (Wildman–Crippen LogP) is 3.43. The number of amides is 1. The zero-order chi connectivity index (χ0) is 20.0. The molecule has 6 nitrogen and oxygen atoms in total. The molecule has 1 aliphatic heterocycles. The third kappa shape index (κ3) is 3.98. The van der Waals surface area contributed by atoms with E-state index in [4.69, 9.17) is 0 Å². The number of sulfonamides is 1. The highest BCUT2D eigenvalue weighted by molar-refractivity contribution is 7.92. The largest absolute Gasteiger partial charge is 0.367 e. The van der Waals surface area contributed by atoms with Crippen LogP contribution in [0.2, 0.25) is 0 Å². The molecule has 2 N–H and O–H groups in total. The minimum atomic E-state index is -3.42. The quantitative estimate of drug-likeness (QED) is 0.837. The Hall–Kier alpha value is -1.76. The second-order valence-corrected chi connectivity index (χ2v) is 10.2. The maximum atomic E-state index is 12.7. The van der Waals surface area contributed by atoms with Crippen molar-refractivity contribution in [3.8, 4) is 0 Å². The lowest BCUT2D eigenvalue weighted by Gasteiger charge is -2.30. The van der Waals surface area contributed by atoms with E-state index in [9.17, 15) is 13.2 Å². The summed E-state index contributed by atoms with van der Waals surface area (Å²) in [7, 11) is -3.42. The third-order valence-electron chi connectivity index (χ3n) is 4.82. The molecule has 0 radical (unpaired) electrons. The molecule has 1 aromatic rings. The Kier molecular flexibility index (Phi) is 5.34. The van der Waals surface area contributed by atoms with Gasteiger partial charge in [0.05, 0.1) is 23.3 Å². The first-order valence-electron chi connectivity index (χ1n) is 8.96. The van der Waals surface area contributed by atoms with Gasteiger partial charge in [-0.15, -0.1) is 0 Å². The first-order valence-corrected chi connectivity index (χ1v) is 10.8. The lowest BCUT2D eigenvalue weighted by Crippen LogP contribution is -2.32. The highest BCUT2D eigenvalue weighted by Crippen LogP contribution is 2.45. The molecule has 0 spiro atoms. The highest BCUT2D eigenvalue weighted by Gasteiger charge is 2.32. The minimum Gasteiger partial charge on any atom is -0.367 e. The molecule has 146 valence electrons. The molecular formula is C19H31N3O3S. The van der Waals surface area contributed by atoms with Gasteiger partial charge in [0.2, 0.25) is 15.9 Å². The van der Waals surface area contributed by atoms with Crippen LogP contribution in [0, 0.1) is 19.3 Å². The average Bonchev–Trinajstić information content (AvgIpc) is 2.90. The molecular weight excluding hydrogens is 350 g/mol. The molecule has 0 atom stereocenters. The molecule has 7 heteroatoms. The summed E-state index contributed by atoms with van der Waals surface area (Å²) in [6.45, 7) is 14.5. The Morgan fingerprint density at radius 1 is 1.12 bits per heavy atom. The number of carbonyl (C=O) groups excluding carboxylic acids is 1. The van der Waals surface area contributed by atoms with E-state index in [1.165, 1.54) is 0 Å². The monoisotopic (exact) mass is 381 g/mol.